The summed E-state index contributed by atoms with van der Waals surface area (Å²) in [5, 5.41) is 9.28. The Labute approximate surface area is 108 Å². The van der Waals surface area contributed by atoms with E-state index in [2.05, 4.69) is 0 Å². The van der Waals surface area contributed by atoms with Gasteiger partial charge in [-0.3, -0.25) is 4.79 Å². The van der Waals surface area contributed by atoms with Gasteiger partial charge in [0, 0.05) is 19.7 Å². The highest BCUT2D eigenvalue weighted by molar-refractivity contribution is 5.78. The molecule has 1 unspecified atom stereocenters. The summed E-state index contributed by atoms with van der Waals surface area (Å²) in [6, 6.07) is 0. The third-order valence-electron chi connectivity index (χ3n) is 2.65. The molecule has 1 amide bonds. The quantitative estimate of drug-likeness (QED) is 0.544. The first-order chi connectivity index (χ1) is 8.74. The molecular weight excluding hydrogens is 238 g/mol. The average Bonchev–Trinajstić information content (AvgIpc) is 2.66. The van der Waals surface area contributed by atoms with Crippen LogP contribution in [0, 0.1) is 0 Å². The van der Waals surface area contributed by atoms with Crippen LogP contribution in [0.4, 0.5) is 0 Å². The molecule has 1 atom stereocenters. The summed E-state index contributed by atoms with van der Waals surface area (Å²) in [7, 11) is 0. The molecule has 6 heteroatoms. The number of amides is 1. The van der Waals surface area contributed by atoms with Gasteiger partial charge in [0.25, 0.3) is 0 Å². The number of carbonyl (C=O) groups excluding carboxylic acids is 1. The van der Waals surface area contributed by atoms with Crippen LogP contribution in [0.5, 0.6) is 0 Å². The largest absolute Gasteiger partial charge is 0.391 e. The van der Waals surface area contributed by atoms with Gasteiger partial charge in [0.05, 0.1) is 45.6 Å². The van der Waals surface area contributed by atoms with Crippen molar-refractivity contribution in [1.29, 1.82) is 0 Å². The normalized spacial score (nSPS) is 19.8. The first kappa shape index (κ1) is 15.4. The molecule has 1 rings (SSSR count). The van der Waals surface area contributed by atoms with Crippen LogP contribution in [0.1, 0.15) is 13.3 Å². The van der Waals surface area contributed by atoms with Gasteiger partial charge in [0.1, 0.15) is 0 Å². The first-order valence-electron chi connectivity index (χ1n) is 6.43. The van der Waals surface area contributed by atoms with Crippen LogP contribution in [-0.4, -0.2) is 74.7 Å². The number of rotatable bonds is 10. The number of nitrogens with zero attached hydrogens (tertiary/aromatic N) is 1. The third kappa shape index (κ3) is 6.30. The van der Waals surface area contributed by atoms with Crippen LogP contribution in [0.2, 0.25) is 0 Å². The van der Waals surface area contributed by atoms with Gasteiger partial charge in [-0.15, -0.1) is 0 Å². The number of aliphatic hydroxyl groups excluding tert-OH is 1. The second-order valence-corrected chi connectivity index (χ2v) is 4.12. The molecular formula is C12H23NO5. The Kier molecular flexibility index (Phi) is 7.91. The predicted molar refractivity (Wildman–Crippen MR) is 65.3 cm³/mol. The van der Waals surface area contributed by atoms with Crippen LogP contribution < -0.4 is 0 Å². The number of β-amino-alcohol motifs (C(OH)–C–C–N with tert-alkyl or cyclic N) is 1. The molecule has 0 aromatic carbocycles. The molecule has 0 spiro atoms. The summed E-state index contributed by atoms with van der Waals surface area (Å²) in [6.45, 7) is 6.31. The van der Waals surface area contributed by atoms with Gasteiger partial charge in [-0.25, -0.2) is 0 Å². The first-order valence-corrected chi connectivity index (χ1v) is 6.43. The highest BCUT2D eigenvalue weighted by atomic mass is 16.5. The standard InChI is InChI=1S/C12H23NO5/c1-2-16-5-6-18-8-7-17-4-3-13-10-11(14)9-12(13)15/h11,14H,2-10H2,1H3. The molecule has 1 saturated heterocycles. The summed E-state index contributed by atoms with van der Waals surface area (Å²) in [6.07, 6.45) is -0.278. The van der Waals surface area contributed by atoms with Crippen LogP contribution in [-0.2, 0) is 19.0 Å². The lowest BCUT2D eigenvalue weighted by molar-refractivity contribution is -0.128. The van der Waals surface area contributed by atoms with E-state index in [0.29, 0.717) is 52.7 Å². The maximum absolute atomic E-state index is 11.3. The van der Waals surface area contributed by atoms with Crippen LogP contribution in [0.15, 0.2) is 0 Å². The van der Waals surface area contributed by atoms with Crippen molar-refractivity contribution in [3.8, 4) is 0 Å². The van der Waals surface area contributed by atoms with Crippen molar-refractivity contribution in [3.63, 3.8) is 0 Å². The second kappa shape index (κ2) is 9.27. The van der Waals surface area contributed by atoms with Gasteiger partial charge in [-0.2, -0.15) is 0 Å². The lowest BCUT2D eigenvalue weighted by Crippen LogP contribution is -2.30. The molecule has 106 valence electrons. The van der Waals surface area contributed by atoms with E-state index in [9.17, 15) is 9.90 Å². The fourth-order valence-corrected chi connectivity index (χ4v) is 1.73. The van der Waals surface area contributed by atoms with Crippen LogP contribution >= 0.6 is 0 Å². The van der Waals surface area contributed by atoms with E-state index < -0.39 is 6.10 Å². The zero-order chi connectivity index (χ0) is 13.2. The summed E-state index contributed by atoms with van der Waals surface area (Å²) in [5.74, 6) is -0.000866. The van der Waals surface area contributed by atoms with Crippen molar-refractivity contribution in [1.82, 2.24) is 4.90 Å². The summed E-state index contributed by atoms with van der Waals surface area (Å²) in [5.41, 5.74) is 0. The molecule has 1 aliphatic heterocycles. The van der Waals surface area contributed by atoms with Gasteiger partial charge >= 0.3 is 0 Å². The third-order valence-corrected chi connectivity index (χ3v) is 2.65. The number of hydrogen-bond acceptors (Lipinski definition) is 5. The lowest BCUT2D eigenvalue weighted by atomic mass is 10.3. The monoisotopic (exact) mass is 261 g/mol. The number of aliphatic hydroxyl groups is 1. The summed E-state index contributed by atoms with van der Waals surface area (Å²) in [4.78, 5) is 12.9. The maximum atomic E-state index is 11.3. The molecule has 1 heterocycles. The molecule has 0 aliphatic carbocycles. The Balaban J connectivity index is 1.85. The topological polar surface area (TPSA) is 68.2 Å². The van der Waals surface area contributed by atoms with Gasteiger partial charge in [0.2, 0.25) is 5.91 Å². The predicted octanol–water partition coefficient (Wildman–Crippen LogP) is -0.351. The zero-order valence-corrected chi connectivity index (χ0v) is 11.0. The van der Waals surface area contributed by atoms with Crippen molar-refractivity contribution < 1.29 is 24.1 Å². The molecule has 18 heavy (non-hydrogen) atoms. The van der Waals surface area contributed by atoms with Crippen molar-refractivity contribution >= 4 is 5.91 Å². The smallest absolute Gasteiger partial charge is 0.225 e. The Morgan fingerprint density at radius 2 is 1.78 bits per heavy atom. The number of likely N-dealkylation sites (tertiary alicyclic amines) is 1. The number of hydrogen-bond donors (Lipinski definition) is 1. The van der Waals surface area contributed by atoms with Crippen molar-refractivity contribution in [2.45, 2.75) is 19.4 Å². The van der Waals surface area contributed by atoms with Crippen molar-refractivity contribution in [2.24, 2.45) is 0 Å². The molecule has 1 aliphatic rings. The lowest BCUT2D eigenvalue weighted by Gasteiger charge is -2.15. The molecule has 0 aromatic rings. The van der Waals surface area contributed by atoms with Gasteiger partial charge in [-0.05, 0) is 6.92 Å². The second-order valence-electron chi connectivity index (χ2n) is 4.12. The van der Waals surface area contributed by atoms with Crippen molar-refractivity contribution in [2.75, 3.05) is 52.7 Å². The van der Waals surface area contributed by atoms with Crippen LogP contribution in [0.3, 0.4) is 0 Å². The Bertz CT molecular complexity index is 237. The van der Waals surface area contributed by atoms with E-state index in [4.69, 9.17) is 14.2 Å². The Hall–Kier alpha value is -0.690. The van der Waals surface area contributed by atoms with E-state index in [0.717, 1.165) is 0 Å². The van der Waals surface area contributed by atoms with Crippen molar-refractivity contribution in [3.05, 3.63) is 0 Å². The molecule has 0 aromatic heterocycles. The SMILES string of the molecule is CCOCCOCCOCCN1CC(O)CC1=O. The molecule has 6 nitrogen and oxygen atoms in total. The van der Waals surface area contributed by atoms with Gasteiger partial charge in [0.15, 0.2) is 0 Å². The molecule has 0 radical (unpaired) electrons. The highest BCUT2D eigenvalue weighted by Gasteiger charge is 2.27. The van der Waals surface area contributed by atoms with Crippen LogP contribution in [0.25, 0.3) is 0 Å². The fourth-order valence-electron chi connectivity index (χ4n) is 1.73. The summed E-state index contributed by atoms with van der Waals surface area (Å²) >= 11 is 0. The molecule has 1 N–H and O–H groups in total. The molecule has 1 fully saturated rings. The minimum absolute atomic E-state index is 0.000866. The zero-order valence-electron chi connectivity index (χ0n) is 11.0. The number of ether oxygens (including phenoxy) is 3. The Morgan fingerprint density at radius 3 is 2.33 bits per heavy atom. The van der Waals surface area contributed by atoms with E-state index in [1.807, 2.05) is 6.92 Å². The Morgan fingerprint density at radius 1 is 1.17 bits per heavy atom. The fraction of sp³-hybridized carbons (Fsp3) is 0.917. The molecule has 0 bridgehead atoms. The van der Waals surface area contributed by atoms with E-state index in [1.165, 1.54) is 0 Å². The maximum Gasteiger partial charge on any atom is 0.225 e. The summed E-state index contributed by atoms with van der Waals surface area (Å²) < 4.78 is 15.7. The van der Waals surface area contributed by atoms with E-state index in [1.54, 1.807) is 4.90 Å². The average molecular weight is 261 g/mol. The van der Waals surface area contributed by atoms with Gasteiger partial charge in [-0.1, -0.05) is 0 Å². The highest BCUT2D eigenvalue weighted by Crippen LogP contribution is 2.09. The molecule has 0 saturated carbocycles. The van der Waals surface area contributed by atoms with E-state index >= 15 is 0 Å². The van der Waals surface area contributed by atoms with Gasteiger partial charge < -0.3 is 24.2 Å². The minimum atomic E-state index is -0.514. The van der Waals surface area contributed by atoms with E-state index in [-0.39, 0.29) is 12.3 Å². The minimum Gasteiger partial charge on any atom is -0.391 e. The number of carbonyl (C=O) groups is 1.